The van der Waals surface area contributed by atoms with Crippen molar-refractivity contribution in [3.05, 3.63) is 42.2 Å². The van der Waals surface area contributed by atoms with Gasteiger partial charge in [0, 0.05) is 36.3 Å². The lowest BCUT2D eigenvalue weighted by atomic mass is 10.1. The van der Waals surface area contributed by atoms with E-state index < -0.39 is 12.5 Å². The zero-order valence-electron chi connectivity index (χ0n) is 21.1. The van der Waals surface area contributed by atoms with Crippen molar-refractivity contribution in [2.45, 2.75) is 38.0 Å². The minimum absolute atomic E-state index is 0.0476. The highest BCUT2D eigenvalue weighted by atomic mass is 19.3. The van der Waals surface area contributed by atoms with Gasteiger partial charge in [0.1, 0.15) is 28.5 Å². The number of fused-ring (bicyclic) bond motifs is 1. The van der Waals surface area contributed by atoms with Crippen LogP contribution in [0.5, 0.6) is 17.2 Å². The lowest BCUT2D eigenvalue weighted by Gasteiger charge is -2.34. The predicted octanol–water partition coefficient (Wildman–Crippen LogP) is 3.60. The van der Waals surface area contributed by atoms with Crippen LogP contribution in [0, 0.1) is 5.92 Å². The summed E-state index contributed by atoms with van der Waals surface area (Å²) in [5.41, 5.74) is 1.74. The number of carbonyl (C=O) groups is 1. The number of likely N-dealkylation sites (tertiary alicyclic amines) is 1. The molecule has 0 radical (unpaired) electrons. The second-order valence-electron chi connectivity index (χ2n) is 10.1. The van der Waals surface area contributed by atoms with Gasteiger partial charge in [-0.05, 0) is 44.0 Å². The van der Waals surface area contributed by atoms with Crippen LogP contribution >= 0.6 is 0 Å². The second kappa shape index (κ2) is 10.4. The van der Waals surface area contributed by atoms with Crippen molar-refractivity contribution in [1.82, 2.24) is 19.6 Å². The molecule has 0 spiro atoms. The highest BCUT2D eigenvalue weighted by molar-refractivity contribution is 6.01. The SMILES string of the molecule is COc1cc(-c2cnc3cc(OCC4CCN(C5COC5)C4)ccn23)cc(OC(F)F)c1C(=O)NC1CC1. The maximum Gasteiger partial charge on any atom is 0.387 e. The largest absolute Gasteiger partial charge is 0.496 e. The third kappa shape index (κ3) is 5.12. The van der Waals surface area contributed by atoms with Gasteiger partial charge in [0.15, 0.2) is 0 Å². The molecule has 9 nitrogen and oxygen atoms in total. The lowest BCUT2D eigenvalue weighted by Crippen LogP contribution is -2.48. The molecule has 1 aliphatic carbocycles. The Bertz CT molecular complexity index is 1320. The number of pyridine rings is 1. The Morgan fingerprint density at radius 1 is 1.21 bits per heavy atom. The number of carbonyl (C=O) groups excluding carboxylic acids is 1. The monoisotopic (exact) mass is 528 g/mol. The van der Waals surface area contributed by atoms with Gasteiger partial charge < -0.3 is 24.3 Å². The van der Waals surface area contributed by atoms with Gasteiger partial charge in [0.25, 0.3) is 5.91 Å². The van der Waals surface area contributed by atoms with Gasteiger partial charge in [-0.15, -0.1) is 0 Å². The van der Waals surface area contributed by atoms with Crippen LogP contribution in [0.25, 0.3) is 16.9 Å². The van der Waals surface area contributed by atoms with Crippen molar-refractivity contribution in [2.75, 3.05) is 40.0 Å². The van der Waals surface area contributed by atoms with E-state index in [9.17, 15) is 13.6 Å². The number of amides is 1. The first-order chi connectivity index (χ1) is 18.5. The molecule has 4 heterocycles. The zero-order valence-corrected chi connectivity index (χ0v) is 21.1. The van der Waals surface area contributed by atoms with Crippen molar-refractivity contribution < 1.29 is 32.5 Å². The summed E-state index contributed by atoms with van der Waals surface area (Å²) in [5.74, 6) is 0.578. The molecule has 38 heavy (non-hydrogen) atoms. The Labute approximate surface area is 218 Å². The Balaban J connectivity index is 1.22. The molecule has 3 aliphatic rings. The van der Waals surface area contributed by atoms with E-state index in [0.29, 0.717) is 41.2 Å². The number of benzene rings is 1. The van der Waals surface area contributed by atoms with Crippen LogP contribution in [-0.2, 0) is 4.74 Å². The summed E-state index contributed by atoms with van der Waals surface area (Å²) in [6.07, 6.45) is 6.29. The molecule has 1 unspecified atom stereocenters. The maximum absolute atomic E-state index is 13.3. The third-order valence-electron chi connectivity index (χ3n) is 7.36. The smallest absolute Gasteiger partial charge is 0.387 e. The molecule has 1 aromatic carbocycles. The Kier molecular flexibility index (Phi) is 6.79. The fourth-order valence-electron chi connectivity index (χ4n) is 5.04. The topological polar surface area (TPSA) is 86.6 Å². The van der Waals surface area contributed by atoms with Crippen LogP contribution in [0.4, 0.5) is 8.78 Å². The molecule has 1 N–H and O–H groups in total. The molecule has 3 fully saturated rings. The Morgan fingerprint density at radius 3 is 2.74 bits per heavy atom. The van der Waals surface area contributed by atoms with Crippen LogP contribution in [0.15, 0.2) is 36.7 Å². The van der Waals surface area contributed by atoms with Gasteiger partial charge in [-0.25, -0.2) is 4.98 Å². The van der Waals surface area contributed by atoms with Crippen LogP contribution in [-0.4, -0.2) is 78.9 Å². The number of nitrogens with zero attached hydrogens (tertiary/aromatic N) is 3. The summed E-state index contributed by atoms with van der Waals surface area (Å²) in [4.78, 5) is 19.8. The number of alkyl halides is 2. The standard InChI is InChI=1S/C27H30F2N4O5/c1-35-22-8-17(9-23(38-27(28)29)25(22)26(34)31-18-2-3-18)21-11-30-24-10-20(5-7-33(21)24)37-13-16-4-6-32(12-16)19-14-36-15-19/h5,7-11,16,18-19,27H,2-4,6,12-15H2,1H3,(H,31,34). The minimum Gasteiger partial charge on any atom is -0.496 e. The highest BCUT2D eigenvalue weighted by Crippen LogP contribution is 2.37. The summed E-state index contributed by atoms with van der Waals surface area (Å²) in [6, 6.07) is 7.35. The summed E-state index contributed by atoms with van der Waals surface area (Å²) < 4.78 is 50.0. The first-order valence-electron chi connectivity index (χ1n) is 12.9. The van der Waals surface area contributed by atoms with E-state index in [2.05, 4.69) is 15.2 Å². The highest BCUT2D eigenvalue weighted by Gasteiger charge is 2.33. The van der Waals surface area contributed by atoms with E-state index in [1.165, 1.54) is 13.2 Å². The second-order valence-corrected chi connectivity index (χ2v) is 10.1. The molecule has 1 amide bonds. The van der Waals surface area contributed by atoms with Crippen LogP contribution < -0.4 is 19.5 Å². The molecule has 2 aromatic heterocycles. The van der Waals surface area contributed by atoms with E-state index in [0.717, 1.165) is 45.6 Å². The van der Waals surface area contributed by atoms with Gasteiger partial charge in [-0.1, -0.05) is 0 Å². The predicted molar refractivity (Wildman–Crippen MR) is 134 cm³/mol. The number of nitrogens with one attached hydrogen (secondary N) is 1. The number of imidazole rings is 1. The van der Waals surface area contributed by atoms with Crippen molar-refractivity contribution >= 4 is 11.6 Å². The van der Waals surface area contributed by atoms with E-state index >= 15 is 0 Å². The van der Waals surface area contributed by atoms with Crippen LogP contribution in [0.2, 0.25) is 0 Å². The summed E-state index contributed by atoms with van der Waals surface area (Å²) in [7, 11) is 1.39. The average Bonchev–Trinajstić information content (AvgIpc) is 3.39. The fourth-order valence-corrected chi connectivity index (χ4v) is 5.04. The van der Waals surface area contributed by atoms with Gasteiger partial charge in [-0.2, -0.15) is 8.78 Å². The number of rotatable bonds is 10. The van der Waals surface area contributed by atoms with Crippen molar-refractivity contribution in [1.29, 1.82) is 0 Å². The molecule has 2 aliphatic heterocycles. The molecular formula is C27H30F2N4O5. The van der Waals surface area contributed by atoms with Crippen molar-refractivity contribution in [3.63, 3.8) is 0 Å². The number of aromatic nitrogens is 2. The first-order valence-corrected chi connectivity index (χ1v) is 12.9. The number of halogens is 2. The Hall–Kier alpha value is -3.44. The first kappa shape index (κ1) is 24.9. The lowest BCUT2D eigenvalue weighted by molar-refractivity contribution is -0.0584. The Morgan fingerprint density at radius 2 is 2.03 bits per heavy atom. The number of hydrogen-bond acceptors (Lipinski definition) is 7. The zero-order chi connectivity index (χ0) is 26.2. The molecule has 11 heteroatoms. The molecule has 3 aromatic rings. The molecule has 202 valence electrons. The van der Waals surface area contributed by atoms with E-state index in [1.807, 2.05) is 22.7 Å². The third-order valence-corrected chi connectivity index (χ3v) is 7.36. The molecule has 2 saturated heterocycles. The molecule has 1 atom stereocenters. The fraction of sp³-hybridized carbons (Fsp3) is 0.481. The number of methoxy groups -OCH3 is 1. The number of hydrogen-bond donors (Lipinski definition) is 1. The maximum atomic E-state index is 13.3. The van der Waals surface area contributed by atoms with E-state index in [1.54, 1.807) is 12.3 Å². The van der Waals surface area contributed by atoms with Crippen LogP contribution in [0.3, 0.4) is 0 Å². The minimum atomic E-state index is -3.10. The number of ether oxygens (including phenoxy) is 4. The summed E-state index contributed by atoms with van der Waals surface area (Å²) in [6.45, 7) is 1.27. The van der Waals surface area contributed by atoms with Gasteiger partial charge in [-0.3, -0.25) is 14.1 Å². The average molecular weight is 529 g/mol. The van der Waals surface area contributed by atoms with Gasteiger partial charge >= 0.3 is 6.61 Å². The molecular weight excluding hydrogens is 498 g/mol. The van der Waals surface area contributed by atoms with Gasteiger partial charge in [0.05, 0.1) is 44.9 Å². The molecule has 0 bridgehead atoms. The van der Waals surface area contributed by atoms with Crippen molar-refractivity contribution in [3.8, 4) is 28.5 Å². The van der Waals surface area contributed by atoms with E-state index in [4.69, 9.17) is 18.9 Å². The van der Waals surface area contributed by atoms with Crippen LogP contribution in [0.1, 0.15) is 29.6 Å². The summed E-state index contributed by atoms with van der Waals surface area (Å²) >= 11 is 0. The van der Waals surface area contributed by atoms with E-state index in [-0.39, 0.29) is 23.1 Å². The quantitative estimate of drug-likeness (QED) is 0.430. The molecule has 1 saturated carbocycles. The normalized spacial score (nSPS) is 20.1. The van der Waals surface area contributed by atoms with Crippen molar-refractivity contribution in [2.24, 2.45) is 5.92 Å². The molecule has 6 rings (SSSR count). The van der Waals surface area contributed by atoms with Gasteiger partial charge in [0.2, 0.25) is 0 Å². The summed E-state index contributed by atoms with van der Waals surface area (Å²) in [5, 5.41) is 2.81.